The summed E-state index contributed by atoms with van der Waals surface area (Å²) in [6, 6.07) is 6.93. The smallest absolute Gasteiger partial charge is 0.173 e. The molecule has 1 aliphatic heterocycles. The summed E-state index contributed by atoms with van der Waals surface area (Å²) >= 11 is 5.64. The van der Waals surface area contributed by atoms with Crippen LogP contribution in [0.1, 0.15) is 37.7 Å². The van der Waals surface area contributed by atoms with Gasteiger partial charge < -0.3 is 15.0 Å². The van der Waals surface area contributed by atoms with Gasteiger partial charge in [-0.15, -0.1) is 0 Å². The normalized spacial score (nSPS) is 20.0. The lowest BCUT2D eigenvalue weighted by Gasteiger charge is -2.41. The Hall–Kier alpha value is -1.33. The number of hydrogen-bond donors (Lipinski definition) is 1. The Balaban J connectivity index is 1.54. The lowest BCUT2D eigenvalue weighted by molar-refractivity contribution is 0.108. The monoisotopic (exact) mass is 347 g/mol. The van der Waals surface area contributed by atoms with Crippen molar-refractivity contribution in [1.82, 2.24) is 9.80 Å². The summed E-state index contributed by atoms with van der Waals surface area (Å²) < 4.78 is 5.44. The van der Waals surface area contributed by atoms with Crippen molar-refractivity contribution in [2.45, 2.75) is 45.1 Å². The van der Waals surface area contributed by atoms with Crippen LogP contribution >= 0.6 is 12.2 Å². The SMILES string of the molecule is COc1ccc(C)cc1NC(=S)N1CCN(C2CCCCC2)CC1. The minimum Gasteiger partial charge on any atom is -0.495 e. The molecule has 5 heteroatoms. The number of rotatable bonds is 3. The Kier molecular flexibility index (Phi) is 5.95. The van der Waals surface area contributed by atoms with Crippen LogP contribution in [0, 0.1) is 6.92 Å². The van der Waals surface area contributed by atoms with Crippen LogP contribution in [0.4, 0.5) is 5.69 Å². The molecule has 1 N–H and O–H groups in total. The van der Waals surface area contributed by atoms with Gasteiger partial charge in [0.15, 0.2) is 5.11 Å². The van der Waals surface area contributed by atoms with Gasteiger partial charge >= 0.3 is 0 Å². The average Bonchev–Trinajstić information content (AvgIpc) is 2.63. The first-order chi connectivity index (χ1) is 11.7. The number of thiocarbonyl (C=S) groups is 1. The zero-order valence-corrected chi connectivity index (χ0v) is 15.7. The highest BCUT2D eigenvalue weighted by molar-refractivity contribution is 7.80. The van der Waals surface area contributed by atoms with Gasteiger partial charge in [0.2, 0.25) is 0 Å². The van der Waals surface area contributed by atoms with Gasteiger partial charge in [0, 0.05) is 32.2 Å². The Labute approximate surface area is 151 Å². The lowest BCUT2D eigenvalue weighted by Crippen LogP contribution is -2.53. The predicted octanol–water partition coefficient (Wildman–Crippen LogP) is 3.65. The van der Waals surface area contributed by atoms with Crippen LogP contribution in [-0.4, -0.2) is 54.2 Å². The molecule has 1 aliphatic carbocycles. The Morgan fingerprint density at radius 3 is 2.50 bits per heavy atom. The van der Waals surface area contributed by atoms with Crippen LogP contribution in [0.25, 0.3) is 0 Å². The number of ether oxygens (including phenoxy) is 1. The fraction of sp³-hybridized carbons (Fsp3) is 0.632. The van der Waals surface area contributed by atoms with Gasteiger partial charge in [-0.1, -0.05) is 25.3 Å². The first-order valence-electron chi connectivity index (χ1n) is 9.12. The summed E-state index contributed by atoms with van der Waals surface area (Å²) in [6.45, 7) is 6.35. The molecule has 0 amide bonds. The summed E-state index contributed by atoms with van der Waals surface area (Å²) in [5, 5.41) is 4.19. The second-order valence-electron chi connectivity index (χ2n) is 6.95. The molecular formula is C19H29N3OS. The van der Waals surface area contributed by atoms with E-state index in [0.717, 1.165) is 48.8 Å². The van der Waals surface area contributed by atoms with Crippen LogP contribution in [0.5, 0.6) is 5.75 Å². The molecule has 1 saturated heterocycles. The molecule has 0 bridgehead atoms. The molecule has 1 aromatic carbocycles. The summed E-state index contributed by atoms with van der Waals surface area (Å²) in [5.41, 5.74) is 2.15. The second-order valence-corrected chi connectivity index (χ2v) is 7.34. The van der Waals surface area contributed by atoms with Crippen molar-refractivity contribution in [3.63, 3.8) is 0 Å². The quantitative estimate of drug-likeness (QED) is 0.843. The van der Waals surface area contributed by atoms with Crippen molar-refractivity contribution in [3.05, 3.63) is 23.8 Å². The Morgan fingerprint density at radius 1 is 1.12 bits per heavy atom. The van der Waals surface area contributed by atoms with Crippen molar-refractivity contribution in [3.8, 4) is 5.75 Å². The molecule has 1 aromatic rings. The third-order valence-electron chi connectivity index (χ3n) is 5.29. The van der Waals surface area contributed by atoms with Crippen LogP contribution in [0.2, 0.25) is 0 Å². The molecule has 132 valence electrons. The van der Waals surface area contributed by atoms with E-state index in [4.69, 9.17) is 17.0 Å². The standard InChI is InChI=1S/C19H29N3OS/c1-15-8-9-18(23-2)17(14-15)20-19(24)22-12-10-21(11-13-22)16-6-4-3-5-7-16/h8-9,14,16H,3-7,10-13H2,1-2H3,(H,20,24). The summed E-state index contributed by atoms with van der Waals surface area (Å²) in [7, 11) is 1.70. The van der Waals surface area contributed by atoms with E-state index in [0.29, 0.717) is 0 Å². The molecule has 2 aliphatic rings. The number of benzene rings is 1. The fourth-order valence-corrected chi connectivity index (χ4v) is 4.14. The van der Waals surface area contributed by atoms with E-state index in [1.165, 1.54) is 37.7 Å². The van der Waals surface area contributed by atoms with Crippen molar-refractivity contribution in [2.24, 2.45) is 0 Å². The van der Waals surface area contributed by atoms with Gasteiger partial charge in [0.05, 0.1) is 12.8 Å². The van der Waals surface area contributed by atoms with E-state index < -0.39 is 0 Å². The highest BCUT2D eigenvalue weighted by Crippen LogP contribution is 2.26. The van der Waals surface area contributed by atoms with Crippen LogP contribution < -0.4 is 10.1 Å². The van der Waals surface area contributed by atoms with Gasteiger partial charge in [-0.25, -0.2) is 0 Å². The first kappa shape index (κ1) is 17.5. The zero-order chi connectivity index (χ0) is 16.9. The minimum atomic E-state index is 0.805. The highest BCUT2D eigenvalue weighted by atomic mass is 32.1. The number of aryl methyl sites for hydroxylation is 1. The van der Waals surface area contributed by atoms with Gasteiger partial charge in [0.1, 0.15) is 5.75 Å². The predicted molar refractivity (Wildman–Crippen MR) is 104 cm³/mol. The number of nitrogens with one attached hydrogen (secondary N) is 1. The highest BCUT2D eigenvalue weighted by Gasteiger charge is 2.26. The van der Waals surface area contributed by atoms with E-state index in [9.17, 15) is 0 Å². The molecular weight excluding hydrogens is 318 g/mol. The molecule has 0 aromatic heterocycles. The maximum Gasteiger partial charge on any atom is 0.173 e. The molecule has 0 atom stereocenters. The maximum absolute atomic E-state index is 5.64. The van der Waals surface area contributed by atoms with Gasteiger partial charge in [-0.2, -0.15) is 0 Å². The third kappa shape index (κ3) is 4.19. The van der Waals surface area contributed by atoms with E-state index >= 15 is 0 Å². The van der Waals surface area contributed by atoms with E-state index in [1.54, 1.807) is 7.11 Å². The van der Waals surface area contributed by atoms with Crippen molar-refractivity contribution >= 4 is 23.0 Å². The molecule has 1 saturated carbocycles. The van der Waals surface area contributed by atoms with E-state index in [-0.39, 0.29) is 0 Å². The number of nitrogens with zero attached hydrogens (tertiary/aromatic N) is 2. The molecule has 0 radical (unpaired) electrons. The molecule has 0 spiro atoms. The molecule has 1 heterocycles. The maximum atomic E-state index is 5.64. The van der Waals surface area contributed by atoms with Crippen LogP contribution in [0.3, 0.4) is 0 Å². The van der Waals surface area contributed by atoms with E-state index in [2.05, 4.69) is 34.2 Å². The number of methoxy groups -OCH3 is 1. The van der Waals surface area contributed by atoms with E-state index in [1.807, 2.05) is 6.07 Å². The van der Waals surface area contributed by atoms with Crippen LogP contribution in [-0.2, 0) is 0 Å². The third-order valence-corrected chi connectivity index (χ3v) is 5.65. The average molecular weight is 348 g/mol. The Bertz CT molecular complexity index is 564. The molecule has 0 unspecified atom stereocenters. The second kappa shape index (κ2) is 8.17. The van der Waals surface area contributed by atoms with Crippen LogP contribution in [0.15, 0.2) is 18.2 Å². The number of piperazine rings is 1. The summed E-state index contributed by atoms with van der Waals surface area (Å²) in [4.78, 5) is 4.96. The molecule has 24 heavy (non-hydrogen) atoms. The fourth-order valence-electron chi connectivity index (χ4n) is 3.85. The largest absolute Gasteiger partial charge is 0.495 e. The van der Waals surface area contributed by atoms with Crippen molar-refractivity contribution < 1.29 is 4.74 Å². The van der Waals surface area contributed by atoms with Crippen molar-refractivity contribution in [1.29, 1.82) is 0 Å². The summed E-state index contributed by atoms with van der Waals surface area (Å²) in [6.07, 6.45) is 6.98. The Morgan fingerprint density at radius 2 is 1.83 bits per heavy atom. The molecule has 4 nitrogen and oxygen atoms in total. The first-order valence-corrected chi connectivity index (χ1v) is 9.53. The number of hydrogen-bond acceptors (Lipinski definition) is 3. The zero-order valence-electron chi connectivity index (χ0n) is 14.9. The van der Waals surface area contributed by atoms with Crippen molar-refractivity contribution in [2.75, 3.05) is 38.6 Å². The summed E-state index contributed by atoms with van der Waals surface area (Å²) in [5.74, 6) is 0.837. The topological polar surface area (TPSA) is 27.7 Å². The van der Waals surface area contributed by atoms with Gasteiger partial charge in [0.25, 0.3) is 0 Å². The molecule has 3 rings (SSSR count). The minimum absolute atomic E-state index is 0.805. The van der Waals surface area contributed by atoms with Gasteiger partial charge in [-0.05, 0) is 49.7 Å². The lowest BCUT2D eigenvalue weighted by atomic mass is 9.94. The van der Waals surface area contributed by atoms with Gasteiger partial charge in [-0.3, -0.25) is 4.90 Å². The number of anilines is 1. The molecule has 2 fully saturated rings.